The molecule has 1 saturated heterocycles. The van der Waals surface area contributed by atoms with Crippen molar-refractivity contribution in [1.82, 2.24) is 19.9 Å². The van der Waals surface area contributed by atoms with Crippen molar-refractivity contribution in [2.75, 3.05) is 25.6 Å². The molecular weight excluding hydrogens is 274 g/mol. The summed E-state index contributed by atoms with van der Waals surface area (Å²) >= 11 is 0. The van der Waals surface area contributed by atoms with E-state index in [0.29, 0.717) is 11.7 Å². The van der Waals surface area contributed by atoms with Gasteiger partial charge in [-0.15, -0.1) is 0 Å². The largest absolute Gasteiger partial charge is 0.376 e. The number of rotatable bonds is 4. The maximum Gasteiger partial charge on any atom is 0.269 e. The molecule has 2 aromatic rings. The van der Waals surface area contributed by atoms with Crippen molar-refractivity contribution in [1.29, 1.82) is 0 Å². The Labute approximate surface area is 121 Å². The minimum atomic E-state index is -0.204. The van der Waals surface area contributed by atoms with Gasteiger partial charge in [-0.3, -0.25) is 4.79 Å². The van der Waals surface area contributed by atoms with Gasteiger partial charge in [-0.05, 0) is 12.8 Å². The maximum atomic E-state index is 12.0. The summed E-state index contributed by atoms with van der Waals surface area (Å²) in [5, 5.41) is 7.99. The first-order valence-electron chi connectivity index (χ1n) is 6.82. The molecule has 0 aromatic carbocycles. The van der Waals surface area contributed by atoms with Crippen LogP contribution in [0.15, 0.2) is 21.6 Å². The normalized spacial score (nSPS) is 18.1. The van der Waals surface area contributed by atoms with Crippen molar-refractivity contribution >= 4 is 5.69 Å². The van der Waals surface area contributed by atoms with Crippen LogP contribution < -0.4 is 10.5 Å². The lowest BCUT2D eigenvalue weighted by Crippen LogP contribution is -2.25. The molecule has 1 aliphatic rings. The Morgan fingerprint density at radius 3 is 3.00 bits per heavy atom. The van der Waals surface area contributed by atoms with Crippen LogP contribution in [-0.4, -0.2) is 40.6 Å². The summed E-state index contributed by atoms with van der Waals surface area (Å²) in [5.41, 5.74) is 0.550. The summed E-state index contributed by atoms with van der Waals surface area (Å²) in [5.74, 6) is 0.896. The molecule has 112 valence electrons. The maximum absolute atomic E-state index is 12.0. The van der Waals surface area contributed by atoms with Crippen molar-refractivity contribution < 1.29 is 9.26 Å². The average Bonchev–Trinajstić information content (AvgIpc) is 3.11. The quantitative estimate of drug-likeness (QED) is 0.814. The Hall–Kier alpha value is -2.22. The highest BCUT2D eigenvalue weighted by atomic mass is 16.5. The van der Waals surface area contributed by atoms with Gasteiger partial charge in [0, 0.05) is 26.8 Å². The predicted molar refractivity (Wildman–Crippen MR) is 74.2 cm³/mol. The topological polar surface area (TPSA) is 86.3 Å². The highest BCUT2D eigenvalue weighted by Gasteiger charge is 2.24. The standard InChI is InChI=1S/C13H17N5O3/c1-17(2)9-6-12(19)18(14-7-9)8-11-15-13(21-16-11)10-4-3-5-20-10/h6-7,10H,3-5,8H2,1-2H3. The molecule has 0 radical (unpaired) electrons. The van der Waals surface area contributed by atoms with Crippen LogP contribution in [-0.2, 0) is 11.3 Å². The lowest BCUT2D eigenvalue weighted by molar-refractivity contribution is 0.0835. The second-order valence-corrected chi connectivity index (χ2v) is 5.15. The number of ether oxygens (including phenoxy) is 1. The van der Waals surface area contributed by atoms with E-state index in [-0.39, 0.29) is 18.2 Å². The molecule has 21 heavy (non-hydrogen) atoms. The Bertz CT molecular complexity index is 672. The van der Waals surface area contributed by atoms with Gasteiger partial charge in [0.1, 0.15) is 12.6 Å². The SMILES string of the molecule is CN(C)c1cnn(Cc2noc(C3CCCO3)n2)c(=O)c1. The van der Waals surface area contributed by atoms with Crippen LogP contribution in [0, 0.1) is 0 Å². The first-order chi connectivity index (χ1) is 10.1. The van der Waals surface area contributed by atoms with Crippen LogP contribution in [0.2, 0.25) is 0 Å². The lowest BCUT2D eigenvalue weighted by Gasteiger charge is -2.11. The van der Waals surface area contributed by atoms with E-state index in [1.807, 2.05) is 19.0 Å². The zero-order valence-electron chi connectivity index (χ0n) is 12.0. The fourth-order valence-electron chi connectivity index (χ4n) is 2.16. The van der Waals surface area contributed by atoms with E-state index in [0.717, 1.165) is 25.1 Å². The zero-order chi connectivity index (χ0) is 14.8. The van der Waals surface area contributed by atoms with E-state index in [9.17, 15) is 4.79 Å². The van der Waals surface area contributed by atoms with Crippen LogP contribution in [0.5, 0.6) is 0 Å². The molecule has 0 amide bonds. The van der Waals surface area contributed by atoms with Gasteiger partial charge in [0.05, 0.1) is 11.9 Å². The molecular formula is C13H17N5O3. The summed E-state index contributed by atoms with van der Waals surface area (Å²) in [6, 6.07) is 1.52. The van der Waals surface area contributed by atoms with Crippen molar-refractivity contribution in [2.24, 2.45) is 0 Å². The van der Waals surface area contributed by atoms with Gasteiger partial charge in [-0.2, -0.15) is 10.1 Å². The van der Waals surface area contributed by atoms with E-state index in [2.05, 4.69) is 15.2 Å². The summed E-state index contributed by atoms with van der Waals surface area (Å²) < 4.78 is 12.0. The molecule has 0 spiro atoms. The lowest BCUT2D eigenvalue weighted by atomic mass is 10.2. The van der Waals surface area contributed by atoms with Gasteiger partial charge < -0.3 is 14.2 Å². The number of hydrogen-bond donors (Lipinski definition) is 0. The minimum absolute atomic E-state index is 0.118. The minimum Gasteiger partial charge on any atom is -0.376 e. The average molecular weight is 291 g/mol. The van der Waals surface area contributed by atoms with Gasteiger partial charge in [0.2, 0.25) is 0 Å². The van der Waals surface area contributed by atoms with E-state index in [1.54, 1.807) is 6.20 Å². The van der Waals surface area contributed by atoms with E-state index < -0.39 is 0 Å². The van der Waals surface area contributed by atoms with Crippen LogP contribution in [0.25, 0.3) is 0 Å². The van der Waals surface area contributed by atoms with Crippen LogP contribution in [0.4, 0.5) is 5.69 Å². The summed E-state index contributed by atoms with van der Waals surface area (Å²) in [7, 11) is 3.71. The van der Waals surface area contributed by atoms with Gasteiger partial charge >= 0.3 is 0 Å². The molecule has 0 N–H and O–H groups in total. The molecule has 2 aromatic heterocycles. The smallest absolute Gasteiger partial charge is 0.269 e. The number of anilines is 1. The van der Waals surface area contributed by atoms with Crippen LogP contribution in [0.1, 0.15) is 30.7 Å². The fraction of sp³-hybridized carbons (Fsp3) is 0.538. The van der Waals surface area contributed by atoms with E-state index >= 15 is 0 Å². The van der Waals surface area contributed by atoms with Crippen LogP contribution in [0.3, 0.4) is 0 Å². The zero-order valence-corrected chi connectivity index (χ0v) is 12.0. The Morgan fingerprint density at radius 1 is 1.48 bits per heavy atom. The predicted octanol–water partition coefficient (Wildman–Crippen LogP) is 0.592. The molecule has 0 saturated carbocycles. The van der Waals surface area contributed by atoms with Gasteiger partial charge in [0.15, 0.2) is 5.82 Å². The molecule has 0 aliphatic carbocycles. The third kappa shape index (κ3) is 2.94. The number of aromatic nitrogens is 4. The summed E-state index contributed by atoms with van der Waals surface area (Å²) in [6.07, 6.45) is 3.39. The molecule has 1 fully saturated rings. The third-order valence-corrected chi connectivity index (χ3v) is 3.35. The highest BCUT2D eigenvalue weighted by Crippen LogP contribution is 2.26. The monoisotopic (exact) mass is 291 g/mol. The van der Waals surface area contributed by atoms with Gasteiger partial charge in [0.25, 0.3) is 11.4 Å². The van der Waals surface area contributed by atoms with Crippen molar-refractivity contribution in [2.45, 2.75) is 25.5 Å². The molecule has 1 aliphatic heterocycles. The Balaban J connectivity index is 1.76. The van der Waals surface area contributed by atoms with E-state index in [4.69, 9.17) is 9.26 Å². The molecule has 8 heteroatoms. The molecule has 3 heterocycles. The Morgan fingerprint density at radius 2 is 2.33 bits per heavy atom. The molecule has 8 nitrogen and oxygen atoms in total. The second kappa shape index (κ2) is 5.65. The number of nitrogens with zero attached hydrogens (tertiary/aromatic N) is 5. The summed E-state index contributed by atoms with van der Waals surface area (Å²) in [4.78, 5) is 18.1. The fourth-order valence-corrected chi connectivity index (χ4v) is 2.16. The van der Waals surface area contributed by atoms with Crippen molar-refractivity contribution in [3.63, 3.8) is 0 Å². The molecule has 1 unspecified atom stereocenters. The van der Waals surface area contributed by atoms with Gasteiger partial charge in [-0.25, -0.2) is 4.68 Å². The van der Waals surface area contributed by atoms with Gasteiger partial charge in [-0.1, -0.05) is 5.16 Å². The van der Waals surface area contributed by atoms with Crippen LogP contribution >= 0.6 is 0 Å². The number of hydrogen-bond acceptors (Lipinski definition) is 7. The van der Waals surface area contributed by atoms with Crippen molar-refractivity contribution in [3.05, 3.63) is 34.3 Å². The van der Waals surface area contributed by atoms with Crippen molar-refractivity contribution in [3.8, 4) is 0 Å². The first-order valence-corrected chi connectivity index (χ1v) is 6.82. The molecule has 0 bridgehead atoms. The molecule has 1 atom stereocenters. The van der Waals surface area contributed by atoms with E-state index in [1.165, 1.54) is 10.7 Å². The second-order valence-electron chi connectivity index (χ2n) is 5.15. The Kier molecular flexibility index (Phi) is 3.70. The first kappa shape index (κ1) is 13.7. The highest BCUT2D eigenvalue weighted by molar-refractivity contribution is 5.40. The molecule has 3 rings (SSSR count). The third-order valence-electron chi connectivity index (χ3n) is 3.35. The summed E-state index contributed by atoms with van der Waals surface area (Å²) in [6.45, 7) is 0.901.